The van der Waals surface area contributed by atoms with Gasteiger partial charge in [-0.15, -0.1) is 0 Å². The van der Waals surface area contributed by atoms with Gasteiger partial charge < -0.3 is 4.90 Å². The summed E-state index contributed by atoms with van der Waals surface area (Å²) in [6.45, 7) is 6.59. The van der Waals surface area contributed by atoms with Crippen LogP contribution in [0.4, 0.5) is 0 Å². The number of nitrogens with zero attached hydrogens (tertiary/aromatic N) is 4. The van der Waals surface area contributed by atoms with Crippen molar-refractivity contribution >= 4 is 5.91 Å². The van der Waals surface area contributed by atoms with E-state index in [0.717, 1.165) is 44.1 Å². The van der Waals surface area contributed by atoms with Gasteiger partial charge in [0.2, 0.25) is 5.91 Å². The molecule has 1 aliphatic heterocycles. The molecule has 0 saturated carbocycles. The van der Waals surface area contributed by atoms with Gasteiger partial charge in [0.05, 0.1) is 0 Å². The number of allylic oxidation sites excluding steroid dienone is 2. The minimum atomic E-state index is 0.331. The summed E-state index contributed by atoms with van der Waals surface area (Å²) < 4.78 is 2.00. The zero-order valence-corrected chi connectivity index (χ0v) is 14.4. The summed E-state index contributed by atoms with van der Waals surface area (Å²) in [7, 11) is 0. The van der Waals surface area contributed by atoms with Crippen LogP contribution in [0.5, 0.6) is 0 Å². The molecule has 2 atom stereocenters. The maximum Gasteiger partial charge on any atom is 0.223 e. The van der Waals surface area contributed by atoms with E-state index < -0.39 is 0 Å². The highest BCUT2D eigenvalue weighted by atomic mass is 16.2. The number of likely N-dealkylation sites (tertiary alicyclic amines) is 1. The molecule has 0 aromatic carbocycles. The second-order valence-electron chi connectivity index (χ2n) is 7.06. The molecule has 1 aromatic heterocycles. The Morgan fingerprint density at radius 2 is 2.17 bits per heavy atom. The van der Waals surface area contributed by atoms with Crippen LogP contribution in [0.2, 0.25) is 0 Å². The highest BCUT2D eigenvalue weighted by molar-refractivity contribution is 5.76. The predicted octanol–water partition coefficient (Wildman–Crippen LogP) is 2.88. The van der Waals surface area contributed by atoms with Crippen LogP contribution >= 0.6 is 0 Å². The Bertz CT molecular complexity index is 578. The number of rotatable bonds is 4. The molecule has 0 N–H and O–H groups in total. The van der Waals surface area contributed by atoms with Crippen molar-refractivity contribution < 1.29 is 4.79 Å². The van der Waals surface area contributed by atoms with E-state index in [1.54, 1.807) is 0 Å². The highest BCUT2D eigenvalue weighted by Gasteiger charge is 2.26. The lowest BCUT2D eigenvalue weighted by Gasteiger charge is -2.33. The molecule has 3 rings (SSSR count). The average Bonchev–Trinajstić information content (AvgIpc) is 2.86. The maximum atomic E-state index is 12.6. The highest BCUT2D eigenvalue weighted by Crippen LogP contribution is 2.24. The number of aromatic nitrogens is 3. The minimum absolute atomic E-state index is 0.331. The molecule has 1 aliphatic carbocycles. The van der Waals surface area contributed by atoms with E-state index >= 15 is 0 Å². The summed E-state index contributed by atoms with van der Waals surface area (Å²) in [5, 5.41) is 4.46. The van der Waals surface area contributed by atoms with Gasteiger partial charge in [-0.3, -0.25) is 4.79 Å². The number of piperidine rings is 1. The summed E-state index contributed by atoms with van der Waals surface area (Å²) in [4.78, 5) is 19.0. The fraction of sp³-hybridized carbons (Fsp3) is 0.722. The molecule has 5 heteroatoms. The van der Waals surface area contributed by atoms with Crippen LogP contribution in [0.3, 0.4) is 0 Å². The number of carbonyl (C=O) groups is 1. The van der Waals surface area contributed by atoms with Crippen molar-refractivity contribution in [2.75, 3.05) is 13.1 Å². The number of carbonyl (C=O) groups excluding carboxylic acids is 1. The van der Waals surface area contributed by atoms with Crippen molar-refractivity contribution in [3.05, 3.63) is 23.8 Å². The summed E-state index contributed by atoms with van der Waals surface area (Å²) in [5.74, 6) is 3.08. The quantitative estimate of drug-likeness (QED) is 0.803. The zero-order chi connectivity index (χ0) is 16.2. The predicted molar refractivity (Wildman–Crippen MR) is 89.9 cm³/mol. The normalized spacial score (nSPS) is 24.9. The Morgan fingerprint density at radius 1 is 1.30 bits per heavy atom. The molecular weight excluding hydrogens is 288 g/mol. The van der Waals surface area contributed by atoms with Crippen molar-refractivity contribution in [3.8, 4) is 0 Å². The molecule has 1 aromatic rings. The van der Waals surface area contributed by atoms with Crippen LogP contribution in [-0.4, -0.2) is 38.7 Å². The van der Waals surface area contributed by atoms with Gasteiger partial charge in [0.25, 0.3) is 0 Å². The van der Waals surface area contributed by atoms with Crippen molar-refractivity contribution in [2.45, 2.75) is 58.9 Å². The molecule has 23 heavy (non-hydrogen) atoms. The first-order valence-electron chi connectivity index (χ1n) is 8.94. The van der Waals surface area contributed by atoms with Gasteiger partial charge in [-0.1, -0.05) is 12.2 Å². The fourth-order valence-corrected chi connectivity index (χ4v) is 3.83. The number of hydrogen-bond donors (Lipinski definition) is 0. The lowest BCUT2D eigenvalue weighted by atomic mass is 9.91. The largest absolute Gasteiger partial charge is 0.342 e. The van der Waals surface area contributed by atoms with Gasteiger partial charge in [-0.05, 0) is 57.8 Å². The summed E-state index contributed by atoms with van der Waals surface area (Å²) in [6.07, 6.45) is 11.0. The number of hydrogen-bond acceptors (Lipinski definition) is 3. The molecule has 0 spiro atoms. The third-order valence-electron chi connectivity index (χ3n) is 5.06. The van der Waals surface area contributed by atoms with E-state index in [9.17, 15) is 4.79 Å². The first-order valence-corrected chi connectivity index (χ1v) is 8.94. The molecule has 1 fully saturated rings. The molecule has 2 aliphatic rings. The second kappa shape index (κ2) is 7.28. The molecular formula is C18H28N4O. The topological polar surface area (TPSA) is 51.0 Å². The standard InChI is InChI=1S/C18H28N4O/c1-14-19-15(2)22(20-14)13-17-9-6-10-21(12-17)18(23)11-16-7-4-3-5-8-16/h4,7,16-17H,3,5-6,8-13H2,1-2H3/t16-,17-/m1/s1. The molecule has 5 nitrogen and oxygen atoms in total. The van der Waals surface area contributed by atoms with Crippen LogP contribution in [0.15, 0.2) is 12.2 Å². The Hall–Kier alpha value is -1.65. The van der Waals surface area contributed by atoms with E-state index in [4.69, 9.17) is 0 Å². The van der Waals surface area contributed by atoms with Crippen molar-refractivity contribution in [1.29, 1.82) is 0 Å². The first-order chi connectivity index (χ1) is 11.1. The van der Waals surface area contributed by atoms with Gasteiger partial charge >= 0.3 is 0 Å². The van der Waals surface area contributed by atoms with Crippen LogP contribution in [-0.2, 0) is 11.3 Å². The molecule has 2 heterocycles. The SMILES string of the molecule is Cc1nc(C)n(C[C@@H]2CCCN(C(=O)C[C@@H]3C=CCCC3)C2)n1. The van der Waals surface area contributed by atoms with E-state index in [1.165, 1.54) is 19.3 Å². The molecule has 1 amide bonds. The Balaban J connectivity index is 1.55. The van der Waals surface area contributed by atoms with Crippen molar-refractivity contribution in [1.82, 2.24) is 19.7 Å². The molecule has 0 unspecified atom stereocenters. The fourth-order valence-electron chi connectivity index (χ4n) is 3.83. The monoisotopic (exact) mass is 316 g/mol. The van der Waals surface area contributed by atoms with Crippen LogP contribution < -0.4 is 0 Å². The van der Waals surface area contributed by atoms with Crippen LogP contribution in [0, 0.1) is 25.7 Å². The average molecular weight is 316 g/mol. The smallest absolute Gasteiger partial charge is 0.223 e. The Kier molecular flexibility index (Phi) is 5.13. The van der Waals surface area contributed by atoms with Gasteiger partial charge in [0.15, 0.2) is 0 Å². The lowest BCUT2D eigenvalue weighted by molar-refractivity contribution is -0.133. The molecule has 1 saturated heterocycles. The molecule has 126 valence electrons. The van der Waals surface area contributed by atoms with E-state index in [1.807, 2.05) is 18.5 Å². The van der Waals surface area contributed by atoms with Crippen LogP contribution in [0.1, 0.15) is 50.2 Å². The minimum Gasteiger partial charge on any atom is -0.342 e. The Morgan fingerprint density at radius 3 is 2.87 bits per heavy atom. The van der Waals surface area contributed by atoms with Gasteiger partial charge in [0.1, 0.15) is 11.6 Å². The van der Waals surface area contributed by atoms with Gasteiger partial charge in [-0.25, -0.2) is 9.67 Å². The van der Waals surface area contributed by atoms with E-state index in [0.29, 0.717) is 24.2 Å². The van der Waals surface area contributed by atoms with Crippen molar-refractivity contribution in [3.63, 3.8) is 0 Å². The summed E-state index contributed by atoms with van der Waals surface area (Å²) in [6, 6.07) is 0. The van der Waals surface area contributed by atoms with Crippen LogP contribution in [0.25, 0.3) is 0 Å². The van der Waals surface area contributed by atoms with E-state index in [2.05, 4.69) is 27.1 Å². The first kappa shape index (κ1) is 16.2. The second-order valence-corrected chi connectivity index (χ2v) is 7.06. The lowest BCUT2D eigenvalue weighted by Crippen LogP contribution is -2.41. The maximum absolute atomic E-state index is 12.6. The summed E-state index contributed by atoms with van der Waals surface area (Å²) in [5.41, 5.74) is 0. The molecule has 0 bridgehead atoms. The van der Waals surface area contributed by atoms with E-state index in [-0.39, 0.29) is 0 Å². The van der Waals surface area contributed by atoms with Crippen molar-refractivity contribution in [2.24, 2.45) is 11.8 Å². The Labute approximate surface area is 138 Å². The zero-order valence-electron chi connectivity index (χ0n) is 14.4. The number of aryl methyl sites for hydroxylation is 2. The van der Waals surface area contributed by atoms with Gasteiger partial charge in [-0.2, -0.15) is 5.10 Å². The third-order valence-corrected chi connectivity index (χ3v) is 5.06. The number of amides is 1. The third kappa shape index (κ3) is 4.21. The summed E-state index contributed by atoms with van der Waals surface area (Å²) >= 11 is 0. The molecule has 0 radical (unpaired) electrons. The van der Waals surface area contributed by atoms with Gasteiger partial charge in [0, 0.05) is 26.1 Å².